The van der Waals surface area contributed by atoms with Crippen LogP contribution in [0.25, 0.3) is 0 Å². The minimum Gasteiger partial charge on any atom is -0.353 e. The molecule has 0 aliphatic carbocycles. The zero-order valence-electron chi connectivity index (χ0n) is 9.15. The van der Waals surface area contributed by atoms with Gasteiger partial charge in [0.1, 0.15) is 11.9 Å². The van der Waals surface area contributed by atoms with E-state index in [-0.39, 0.29) is 0 Å². The highest BCUT2D eigenvalue weighted by atomic mass is 35.5. The summed E-state index contributed by atoms with van der Waals surface area (Å²) < 4.78 is 0. The number of hydrogen-bond acceptors (Lipinski definition) is 4. The number of anilines is 1. The van der Waals surface area contributed by atoms with E-state index in [4.69, 9.17) is 16.9 Å². The summed E-state index contributed by atoms with van der Waals surface area (Å²) in [6.45, 7) is 3.88. The van der Waals surface area contributed by atoms with Gasteiger partial charge in [-0.1, -0.05) is 11.6 Å². The fourth-order valence-corrected chi connectivity index (χ4v) is 2.03. The fourth-order valence-electron chi connectivity index (χ4n) is 1.74. The minimum absolute atomic E-state index is 0.503. The molecule has 0 saturated carbocycles. The molecule has 2 rings (SSSR count). The van der Waals surface area contributed by atoms with Crippen molar-refractivity contribution in [2.45, 2.75) is 0 Å². The molecule has 1 fully saturated rings. The van der Waals surface area contributed by atoms with Gasteiger partial charge in [0.25, 0.3) is 0 Å². The Morgan fingerprint density at radius 1 is 1.38 bits per heavy atom. The van der Waals surface area contributed by atoms with Gasteiger partial charge in [-0.2, -0.15) is 5.26 Å². The van der Waals surface area contributed by atoms with Gasteiger partial charge in [-0.15, -0.1) is 0 Å². The molecule has 16 heavy (non-hydrogen) atoms. The minimum atomic E-state index is 0.503. The summed E-state index contributed by atoms with van der Waals surface area (Å²) >= 11 is 6.11. The van der Waals surface area contributed by atoms with Crippen molar-refractivity contribution in [2.75, 3.05) is 38.1 Å². The van der Waals surface area contributed by atoms with Crippen LogP contribution in [0.15, 0.2) is 12.3 Å². The molecule has 0 radical (unpaired) electrons. The Balaban J connectivity index is 2.18. The van der Waals surface area contributed by atoms with E-state index in [9.17, 15) is 0 Å². The third kappa shape index (κ3) is 2.26. The molecule has 1 aliphatic heterocycles. The van der Waals surface area contributed by atoms with Crippen LogP contribution in [0.4, 0.5) is 5.82 Å². The van der Waals surface area contributed by atoms with E-state index in [1.165, 1.54) is 0 Å². The number of aromatic nitrogens is 1. The Bertz CT molecular complexity index is 418. The number of nitriles is 1. The first-order valence-electron chi connectivity index (χ1n) is 5.20. The van der Waals surface area contributed by atoms with E-state index in [0.717, 1.165) is 32.0 Å². The summed E-state index contributed by atoms with van der Waals surface area (Å²) in [5, 5.41) is 9.29. The fraction of sp³-hybridized carbons (Fsp3) is 0.455. The van der Waals surface area contributed by atoms with Crippen LogP contribution in [0.1, 0.15) is 5.56 Å². The molecule has 0 unspecified atom stereocenters. The molecule has 1 aliphatic rings. The maximum atomic E-state index is 8.73. The molecular weight excluding hydrogens is 224 g/mol. The van der Waals surface area contributed by atoms with Crippen LogP contribution >= 0.6 is 11.6 Å². The van der Waals surface area contributed by atoms with Crippen LogP contribution < -0.4 is 4.90 Å². The lowest BCUT2D eigenvalue weighted by Crippen LogP contribution is -2.44. The Morgan fingerprint density at radius 2 is 2.06 bits per heavy atom. The van der Waals surface area contributed by atoms with Gasteiger partial charge in [0.05, 0.1) is 10.6 Å². The zero-order chi connectivity index (χ0) is 11.5. The lowest BCUT2D eigenvalue weighted by Gasteiger charge is -2.33. The Hall–Kier alpha value is -1.31. The summed E-state index contributed by atoms with van der Waals surface area (Å²) in [4.78, 5) is 8.68. The monoisotopic (exact) mass is 236 g/mol. The van der Waals surface area contributed by atoms with E-state index in [2.05, 4.69) is 21.8 Å². The second-order valence-corrected chi connectivity index (χ2v) is 4.34. The molecule has 0 N–H and O–H groups in total. The maximum absolute atomic E-state index is 8.73. The van der Waals surface area contributed by atoms with Crippen molar-refractivity contribution in [3.8, 4) is 6.07 Å². The Labute approximate surface area is 100 Å². The quantitative estimate of drug-likeness (QED) is 0.739. The van der Waals surface area contributed by atoms with E-state index >= 15 is 0 Å². The van der Waals surface area contributed by atoms with Gasteiger partial charge < -0.3 is 9.80 Å². The maximum Gasteiger partial charge on any atom is 0.147 e. The van der Waals surface area contributed by atoms with E-state index in [1.807, 2.05) is 6.07 Å². The molecule has 0 aromatic carbocycles. The molecule has 1 saturated heterocycles. The number of rotatable bonds is 1. The molecule has 0 atom stereocenters. The molecule has 0 amide bonds. The highest BCUT2D eigenvalue weighted by Crippen LogP contribution is 2.24. The predicted octanol–water partition coefficient (Wildman–Crippen LogP) is 1.36. The number of hydrogen-bond donors (Lipinski definition) is 0. The standard InChI is InChI=1S/C11H13ClN4/c1-15-2-4-16(5-3-15)11-10(12)6-9(7-13)8-14-11/h6,8H,2-5H2,1H3. The molecule has 2 heterocycles. The number of nitrogens with zero attached hydrogens (tertiary/aromatic N) is 4. The molecule has 1 aromatic heterocycles. The number of pyridine rings is 1. The van der Waals surface area contributed by atoms with Crippen LogP contribution in [0.2, 0.25) is 5.02 Å². The van der Waals surface area contributed by atoms with Crippen molar-refractivity contribution in [1.82, 2.24) is 9.88 Å². The molecule has 0 bridgehead atoms. The smallest absolute Gasteiger partial charge is 0.147 e. The van der Waals surface area contributed by atoms with Crippen molar-refractivity contribution < 1.29 is 0 Å². The molecular formula is C11H13ClN4. The predicted molar refractivity (Wildman–Crippen MR) is 63.7 cm³/mol. The van der Waals surface area contributed by atoms with Gasteiger partial charge in [0, 0.05) is 32.4 Å². The van der Waals surface area contributed by atoms with Crippen LogP contribution in [0.3, 0.4) is 0 Å². The van der Waals surface area contributed by atoms with Crippen molar-refractivity contribution in [2.24, 2.45) is 0 Å². The SMILES string of the molecule is CN1CCN(c2ncc(C#N)cc2Cl)CC1. The summed E-state index contributed by atoms with van der Waals surface area (Å²) in [5.41, 5.74) is 0.503. The first-order valence-corrected chi connectivity index (χ1v) is 5.57. The van der Waals surface area contributed by atoms with Gasteiger partial charge in [-0.3, -0.25) is 0 Å². The van der Waals surface area contributed by atoms with Crippen LogP contribution in [-0.2, 0) is 0 Å². The van der Waals surface area contributed by atoms with Crippen molar-refractivity contribution in [1.29, 1.82) is 5.26 Å². The Morgan fingerprint density at radius 3 is 2.62 bits per heavy atom. The highest BCUT2D eigenvalue weighted by molar-refractivity contribution is 6.33. The third-order valence-electron chi connectivity index (χ3n) is 2.75. The highest BCUT2D eigenvalue weighted by Gasteiger charge is 2.17. The molecule has 84 valence electrons. The second-order valence-electron chi connectivity index (χ2n) is 3.93. The molecule has 5 heteroatoms. The van der Waals surface area contributed by atoms with Crippen LogP contribution in [-0.4, -0.2) is 43.1 Å². The van der Waals surface area contributed by atoms with Crippen molar-refractivity contribution in [3.05, 3.63) is 22.8 Å². The summed E-state index contributed by atoms with van der Waals surface area (Å²) in [6.07, 6.45) is 1.57. The first kappa shape index (κ1) is 11.2. The average molecular weight is 237 g/mol. The van der Waals surface area contributed by atoms with Gasteiger partial charge in [-0.25, -0.2) is 4.98 Å². The molecule has 1 aromatic rings. The van der Waals surface area contributed by atoms with Gasteiger partial charge in [-0.05, 0) is 13.1 Å². The third-order valence-corrected chi connectivity index (χ3v) is 3.03. The second kappa shape index (κ2) is 4.69. The van der Waals surface area contributed by atoms with Gasteiger partial charge >= 0.3 is 0 Å². The van der Waals surface area contributed by atoms with Gasteiger partial charge in [0.15, 0.2) is 0 Å². The first-order chi connectivity index (χ1) is 7.70. The Kier molecular flexibility index (Phi) is 3.28. The normalized spacial score (nSPS) is 17.2. The summed E-state index contributed by atoms with van der Waals surface area (Å²) in [5.74, 6) is 0.786. The topological polar surface area (TPSA) is 43.2 Å². The number of halogens is 1. The molecule has 4 nitrogen and oxygen atoms in total. The summed E-state index contributed by atoms with van der Waals surface area (Å²) in [6, 6.07) is 3.70. The zero-order valence-corrected chi connectivity index (χ0v) is 9.91. The molecule has 0 spiro atoms. The summed E-state index contributed by atoms with van der Waals surface area (Å²) in [7, 11) is 2.10. The van der Waals surface area contributed by atoms with E-state index < -0.39 is 0 Å². The van der Waals surface area contributed by atoms with E-state index in [0.29, 0.717) is 10.6 Å². The van der Waals surface area contributed by atoms with E-state index in [1.54, 1.807) is 12.3 Å². The lowest BCUT2D eigenvalue weighted by molar-refractivity contribution is 0.312. The van der Waals surface area contributed by atoms with Gasteiger partial charge in [0.2, 0.25) is 0 Å². The van der Waals surface area contributed by atoms with Crippen LogP contribution in [0.5, 0.6) is 0 Å². The van der Waals surface area contributed by atoms with Crippen molar-refractivity contribution >= 4 is 17.4 Å². The van der Waals surface area contributed by atoms with Crippen LogP contribution in [0, 0.1) is 11.3 Å². The largest absolute Gasteiger partial charge is 0.353 e. The lowest BCUT2D eigenvalue weighted by atomic mass is 10.2. The van der Waals surface area contributed by atoms with Crippen molar-refractivity contribution in [3.63, 3.8) is 0 Å². The number of piperazine rings is 1. The number of likely N-dealkylation sites (N-methyl/N-ethyl adjacent to an activating group) is 1. The average Bonchev–Trinajstić information content (AvgIpc) is 2.30.